The van der Waals surface area contributed by atoms with E-state index in [-0.39, 0.29) is 17.5 Å². The predicted octanol–water partition coefficient (Wildman–Crippen LogP) is 2.15. The molecule has 0 bridgehead atoms. The van der Waals surface area contributed by atoms with E-state index in [0.717, 1.165) is 6.42 Å². The van der Waals surface area contributed by atoms with Crippen molar-refractivity contribution >= 4 is 23.5 Å². The molecule has 24 heavy (non-hydrogen) atoms. The van der Waals surface area contributed by atoms with E-state index in [2.05, 4.69) is 4.98 Å². The summed E-state index contributed by atoms with van der Waals surface area (Å²) in [5.41, 5.74) is 4.63. The zero-order valence-electron chi connectivity index (χ0n) is 14.8. The highest BCUT2D eigenvalue weighted by Crippen LogP contribution is 2.38. The van der Waals surface area contributed by atoms with Gasteiger partial charge in [-0.15, -0.1) is 0 Å². The molecule has 0 saturated heterocycles. The van der Waals surface area contributed by atoms with Crippen LogP contribution in [0.5, 0.6) is 5.75 Å². The number of esters is 1. The Hall–Kier alpha value is -2.31. The fourth-order valence-corrected chi connectivity index (χ4v) is 2.39. The number of pyridine rings is 1. The Morgan fingerprint density at radius 3 is 2.67 bits per heavy atom. The van der Waals surface area contributed by atoms with Gasteiger partial charge in [-0.05, 0) is 45.2 Å². The maximum Gasteiger partial charge on any atom is 0.329 e. The quantitative estimate of drug-likeness (QED) is 0.829. The summed E-state index contributed by atoms with van der Waals surface area (Å²) < 4.78 is 11.0. The number of ether oxygens (including phenoxy) is 2. The average Bonchev–Trinajstić information content (AvgIpc) is 2.48. The number of hydrogen-bond acceptors (Lipinski definition) is 6. The Bertz CT molecular complexity index is 643. The van der Waals surface area contributed by atoms with Crippen LogP contribution in [-0.4, -0.2) is 35.1 Å². The minimum Gasteiger partial charge on any atom is -0.474 e. The normalized spacial score (nSPS) is 17.2. The molecule has 1 aliphatic rings. The average molecular weight is 335 g/mol. The number of aromatic nitrogens is 1. The monoisotopic (exact) mass is 335 g/mol. The SMILES string of the molecule is CC(C)CCOC(=O)C(C)N1C(=O)C(C)(C)Oc2ccc(N)nc21. The summed E-state index contributed by atoms with van der Waals surface area (Å²) >= 11 is 0. The van der Waals surface area contributed by atoms with Crippen molar-refractivity contribution in [2.75, 3.05) is 17.2 Å². The first-order valence-corrected chi connectivity index (χ1v) is 8.09. The van der Waals surface area contributed by atoms with Gasteiger partial charge in [-0.25, -0.2) is 9.78 Å². The number of carbonyl (C=O) groups is 2. The summed E-state index contributed by atoms with van der Waals surface area (Å²) in [6, 6.07) is 2.42. The molecule has 0 aromatic carbocycles. The van der Waals surface area contributed by atoms with Crippen molar-refractivity contribution < 1.29 is 19.1 Å². The van der Waals surface area contributed by atoms with Gasteiger partial charge in [-0.1, -0.05) is 13.8 Å². The van der Waals surface area contributed by atoms with E-state index in [1.165, 1.54) is 4.90 Å². The number of fused-ring (bicyclic) bond motifs is 1. The van der Waals surface area contributed by atoms with Crippen molar-refractivity contribution in [2.45, 2.75) is 52.7 Å². The minimum atomic E-state index is -1.10. The van der Waals surface area contributed by atoms with E-state index in [9.17, 15) is 9.59 Å². The molecule has 132 valence electrons. The van der Waals surface area contributed by atoms with Gasteiger partial charge in [-0.3, -0.25) is 9.69 Å². The molecule has 0 fully saturated rings. The predicted molar refractivity (Wildman–Crippen MR) is 90.7 cm³/mol. The first-order valence-electron chi connectivity index (χ1n) is 8.09. The molecule has 0 aliphatic carbocycles. The number of rotatable bonds is 5. The number of nitrogens with zero attached hydrogens (tertiary/aromatic N) is 2. The summed E-state index contributed by atoms with van der Waals surface area (Å²) in [7, 11) is 0. The number of nitrogen functional groups attached to an aromatic ring is 1. The van der Waals surface area contributed by atoms with Crippen LogP contribution in [0.2, 0.25) is 0 Å². The van der Waals surface area contributed by atoms with Gasteiger partial charge >= 0.3 is 5.97 Å². The van der Waals surface area contributed by atoms with Gasteiger partial charge in [0, 0.05) is 0 Å². The van der Waals surface area contributed by atoms with Crippen LogP contribution in [0.15, 0.2) is 12.1 Å². The first kappa shape index (κ1) is 18.0. The van der Waals surface area contributed by atoms with Crippen LogP contribution >= 0.6 is 0 Å². The van der Waals surface area contributed by atoms with Crippen molar-refractivity contribution in [2.24, 2.45) is 5.92 Å². The Kier molecular flexibility index (Phi) is 5.01. The Morgan fingerprint density at radius 1 is 1.38 bits per heavy atom. The zero-order chi connectivity index (χ0) is 18.1. The molecule has 1 aliphatic heterocycles. The molecule has 0 radical (unpaired) electrons. The second-order valence-electron chi connectivity index (χ2n) is 6.87. The second-order valence-corrected chi connectivity index (χ2v) is 6.87. The Labute approximate surface area is 142 Å². The summed E-state index contributed by atoms with van der Waals surface area (Å²) in [6.45, 7) is 9.34. The van der Waals surface area contributed by atoms with Crippen molar-refractivity contribution in [3.8, 4) is 5.75 Å². The lowest BCUT2D eigenvalue weighted by Gasteiger charge is -2.39. The van der Waals surface area contributed by atoms with Gasteiger partial charge < -0.3 is 15.2 Å². The van der Waals surface area contributed by atoms with Gasteiger partial charge in [-0.2, -0.15) is 0 Å². The minimum absolute atomic E-state index is 0.243. The summed E-state index contributed by atoms with van der Waals surface area (Å²) in [5, 5.41) is 0. The third kappa shape index (κ3) is 3.60. The Balaban J connectivity index is 2.28. The molecule has 2 heterocycles. The van der Waals surface area contributed by atoms with Crippen molar-refractivity contribution in [3.63, 3.8) is 0 Å². The topological polar surface area (TPSA) is 94.8 Å². The number of nitrogens with two attached hydrogens (primary N) is 1. The van der Waals surface area contributed by atoms with E-state index >= 15 is 0 Å². The van der Waals surface area contributed by atoms with Gasteiger partial charge in [0.05, 0.1) is 6.61 Å². The van der Waals surface area contributed by atoms with Gasteiger partial charge in [0.25, 0.3) is 5.91 Å². The van der Waals surface area contributed by atoms with Crippen molar-refractivity contribution in [3.05, 3.63) is 12.1 Å². The molecule has 7 heteroatoms. The number of carbonyl (C=O) groups excluding carboxylic acids is 2. The molecular formula is C17H25N3O4. The van der Waals surface area contributed by atoms with Crippen LogP contribution in [0.4, 0.5) is 11.6 Å². The number of anilines is 2. The largest absolute Gasteiger partial charge is 0.474 e. The van der Waals surface area contributed by atoms with Crippen LogP contribution in [0.25, 0.3) is 0 Å². The first-order chi connectivity index (χ1) is 11.1. The molecule has 1 atom stereocenters. The fourth-order valence-electron chi connectivity index (χ4n) is 2.39. The van der Waals surface area contributed by atoms with Crippen LogP contribution in [-0.2, 0) is 14.3 Å². The van der Waals surface area contributed by atoms with Crippen LogP contribution < -0.4 is 15.4 Å². The molecule has 1 amide bonds. The van der Waals surface area contributed by atoms with E-state index in [1.807, 2.05) is 13.8 Å². The summed E-state index contributed by atoms with van der Waals surface area (Å²) in [6.07, 6.45) is 0.767. The third-order valence-corrected chi connectivity index (χ3v) is 3.86. The Morgan fingerprint density at radius 2 is 2.04 bits per heavy atom. The maximum absolute atomic E-state index is 12.8. The van der Waals surface area contributed by atoms with Gasteiger partial charge in [0.2, 0.25) is 0 Å². The van der Waals surface area contributed by atoms with Crippen LogP contribution in [0, 0.1) is 5.92 Å². The van der Waals surface area contributed by atoms with Gasteiger partial charge in [0.15, 0.2) is 17.2 Å². The summed E-state index contributed by atoms with van der Waals surface area (Å²) in [4.78, 5) is 30.6. The smallest absolute Gasteiger partial charge is 0.329 e. The molecule has 0 spiro atoms. The molecule has 0 saturated carbocycles. The second kappa shape index (κ2) is 6.67. The maximum atomic E-state index is 12.8. The molecule has 2 N–H and O–H groups in total. The number of hydrogen-bond donors (Lipinski definition) is 1. The summed E-state index contributed by atoms with van der Waals surface area (Å²) in [5.74, 6) is 0.496. The van der Waals surface area contributed by atoms with Crippen LogP contribution in [0.3, 0.4) is 0 Å². The molecule has 7 nitrogen and oxygen atoms in total. The molecule has 1 unspecified atom stereocenters. The molecular weight excluding hydrogens is 310 g/mol. The van der Waals surface area contributed by atoms with Crippen molar-refractivity contribution in [1.29, 1.82) is 0 Å². The molecule has 1 aromatic heterocycles. The number of amides is 1. The lowest BCUT2D eigenvalue weighted by molar-refractivity contribution is -0.148. The highest BCUT2D eigenvalue weighted by Gasteiger charge is 2.45. The lowest BCUT2D eigenvalue weighted by atomic mass is 10.0. The van der Waals surface area contributed by atoms with Gasteiger partial charge in [0.1, 0.15) is 11.9 Å². The van der Waals surface area contributed by atoms with E-state index in [4.69, 9.17) is 15.2 Å². The molecule has 2 rings (SSSR count). The van der Waals surface area contributed by atoms with Crippen LogP contribution in [0.1, 0.15) is 41.0 Å². The third-order valence-electron chi connectivity index (χ3n) is 3.86. The lowest BCUT2D eigenvalue weighted by Crippen LogP contribution is -2.57. The standard InChI is InChI=1S/C17H25N3O4/c1-10(2)8-9-23-15(21)11(3)20-14-12(6-7-13(18)19-14)24-17(4,5)16(20)22/h6-7,10-11H,8-9H2,1-5H3,(H2,18,19). The highest BCUT2D eigenvalue weighted by molar-refractivity contribution is 6.05. The van der Waals surface area contributed by atoms with Crippen molar-refractivity contribution in [1.82, 2.24) is 4.98 Å². The molecule has 1 aromatic rings. The zero-order valence-corrected chi connectivity index (χ0v) is 14.8. The van der Waals surface area contributed by atoms with E-state index < -0.39 is 17.6 Å². The fraction of sp³-hybridized carbons (Fsp3) is 0.588. The van der Waals surface area contributed by atoms with E-state index in [1.54, 1.807) is 32.9 Å². The van der Waals surface area contributed by atoms with E-state index in [0.29, 0.717) is 18.3 Å². The highest BCUT2D eigenvalue weighted by atomic mass is 16.5.